The minimum Gasteiger partial charge on any atom is -0.388 e. The summed E-state index contributed by atoms with van der Waals surface area (Å²) in [5.41, 5.74) is -0.00799. The lowest BCUT2D eigenvalue weighted by molar-refractivity contribution is -0.145. The van der Waals surface area contributed by atoms with Gasteiger partial charge < -0.3 is 14.6 Å². The first-order valence-corrected chi connectivity index (χ1v) is 12.1. The van der Waals surface area contributed by atoms with E-state index in [4.69, 9.17) is 0 Å². The van der Waals surface area contributed by atoms with Crippen LogP contribution in [0.4, 0.5) is 8.78 Å². The van der Waals surface area contributed by atoms with E-state index in [2.05, 4.69) is 4.98 Å². The van der Waals surface area contributed by atoms with Gasteiger partial charge in [-0.3, -0.25) is 14.2 Å². The van der Waals surface area contributed by atoms with Crippen molar-refractivity contribution in [1.29, 1.82) is 0 Å². The van der Waals surface area contributed by atoms with Gasteiger partial charge in [0.25, 0.3) is 5.56 Å². The highest BCUT2D eigenvalue weighted by Crippen LogP contribution is 2.46. The molecule has 1 aliphatic heterocycles. The van der Waals surface area contributed by atoms with Crippen LogP contribution in [0.3, 0.4) is 0 Å². The van der Waals surface area contributed by atoms with E-state index < -0.39 is 23.4 Å². The zero-order chi connectivity index (χ0) is 24.8. The van der Waals surface area contributed by atoms with Crippen molar-refractivity contribution < 1.29 is 18.7 Å². The number of halogens is 2. The van der Waals surface area contributed by atoms with Crippen molar-refractivity contribution in [2.45, 2.75) is 56.1 Å². The first kappa shape index (κ1) is 23.7. The topological polar surface area (TPSA) is 80.4 Å². The van der Waals surface area contributed by atoms with E-state index in [1.54, 1.807) is 21.7 Å². The number of amides is 1. The van der Waals surface area contributed by atoms with Crippen molar-refractivity contribution in [3.8, 4) is 0 Å². The highest BCUT2D eigenvalue weighted by atomic mass is 19.3. The van der Waals surface area contributed by atoms with Crippen molar-refractivity contribution in [2.75, 3.05) is 13.1 Å². The van der Waals surface area contributed by atoms with Gasteiger partial charge in [0.2, 0.25) is 11.8 Å². The molecule has 2 atom stereocenters. The van der Waals surface area contributed by atoms with Crippen molar-refractivity contribution in [3.05, 3.63) is 64.8 Å². The van der Waals surface area contributed by atoms with Crippen LogP contribution in [0.15, 0.2) is 53.7 Å². The molecule has 7 nitrogen and oxygen atoms in total. The van der Waals surface area contributed by atoms with Gasteiger partial charge in [-0.2, -0.15) is 0 Å². The van der Waals surface area contributed by atoms with Gasteiger partial charge in [0.05, 0.1) is 17.5 Å². The van der Waals surface area contributed by atoms with E-state index in [1.807, 2.05) is 37.4 Å². The zero-order valence-electron chi connectivity index (χ0n) is 19.7. The summed E-state index contributed by atoms with van der Waals surface area (Å²) in [4.78, 5) is 32.3. The Balaban J connectivity index is 1.28. The first-order chi connectivity index (χ1) is 16.7. The summed E-state index contributed by atoms with van der Waals surface area (Å²) < 4.78 is 31.7. The quantitative estimate of drug-likeness (QED) is 0.616. The average Bonchev–Trinajstić information content (AvgIpc) is 3.22. The van der Waals surface area contributed by atoms with Gasteiger partial charge in [-0.25, -0.2) is 13.8 Å². The summed E-state index contributed by atoms with van der Waals surface area (Å²) in [7, 11) is 1.81. The number of aliphatic hydroxyl groups is 1. The highest BCUT2D eigenvalue weighted by molar-refractivity contribution is 5.80. The van der Waals surface area contributed by atoms with Gasteiger partial charge in [-0.05, 0) is 30.9 Å². The second-order valence-electron chi connectivity index (χ2n) is 10.1. The van der Waals surface area contributed by atoms with Crippen molar-refractivity contribution in [3.63, 3.8) is 0 Å². The van der Waals surface area contributed by atoms with Gasteiger partial charge in [-0.15, -0.1) is 0 Å². The maximum atomic E-state index is 14.3. The molecule has 1 saturated carbocycles. The van der Waals surface area contributed by atoms with E-state index in [1.165, 1.54) is 10.9 Å². The lowest BCUT2D eigenvalue weighted by atomic mass is 9.73. The van der Waals surface area contributed by atoms with Crippen LogP contribution in [0.1, 0.15) is 43.6 Å². The maximum absolute atomic E-state index is 14.3. The summed E-state index contributed by atoms with van der Waals surface area (Å²) in [6.07, 6.45) is 3.35. The molecule has 3 aromatic rings. The first-order valence-electron chi connectivity index (χ1n) is 12.1. The normalized spacial score (nSPS) is 23.9. The molecule has 2 fully saturated rings. The number of benzene rings is 1. The average molecular weight is 485 g/mol. The van der Waals surface area contributed by atoms with Crippen LogP contribution in [0.2, 0.25) is 0 Å². The zero-order valence-corrected chi connectivity index (χ0v) is 19.7. The number of nitrogens with zero attached hydrogens (tertiary/aromatic N) is 4. The van der Waals surface area contributed by atoms with Crippen molar-refractivity contribution in [1.82, 2.24) is 19.0 Å². The number of likely N-dealkylation sites (tertiary alicyclic amines) is 1. The van der Waals surface area contributed by atoms with Crippen LogP contribution < -0.4 is 5.56 Å². The molecule has 0 bridgehead atoms. The van der Waals surface area contributed by atoms with Crippen LogP contribution in [-0.2, 0) is 18.4 Å². The van der Waals surface area contributed by atoms with E-state index in [9.17, 15) is 23.5 Å². The molecule has 1 aromatic carbocycles. The maximum Gasteiger partial charge on any atom is 0.262 e. The third-order valence-electron chi connectivity index (χ3n) is 7.69. The number of alkyl halides is 2. The number of aromatic nitrogens is 3. The number of fused-ring (bicyclic) bond motifs is 1. The monoisotopic (exact) mass is 484 g/mol. The molecule has 1 N–H and O–H groups in total. The summed E-state index contributed by atoms with van der Waals surface area (Å²) >= 11 is 0. The van der Waals surface area contributed by atoms with Gasteiger partial charge in [-0.1, -0.05) is 30.3 Å². The Morgan fingerprint density at radius 1 is 1.14 bits per heavy atom. The number of hydrogen-bond donors (Lipinski definition) is 1. The Kier molecular flexibility index (Phi) is 5.99. The van der Waals surface area contributed by atoms with E-state index >= 15 is 0 Å². The number of carbonyl (C=O) groups excluding carboxylic acids is 1. The minimum absolute atomic E-state index is 0.0913. The van der Waals surface area contributed by atoms with E-state index in [0.717, 1.165) is 5.56 Å². The van der Waals surface area contributed by atoms with Crippen molar-refractivity contribution >= 4 is 16.9 Å². The van der Waals surface area contributed by atoms with Gasteiger partial charge in [0.15, 0.2) is 0 Å². The third kappa shape index (κ3) is 4.61. The molecule has 3 heterocycles. The Morgan fingerprint density at radius 3 is 2.57 bits per heavy atom. The summed E-state index contributed by atoms with van der Waals surface area (Å²) in [6.45, 7) is 0.729. The highest BCUT2D eigenvalue weighted by Gasteiger charge is 2.46. The smallest absolute Gasteiger partial charge is 0.262 e. The number of hydrogen-bond acceptors (Lipinski definition) is 4. The van der Waals surface area contributed by atoms with Crippen LogP contribution in [0, 0.1) is 5.92 Å². The molecule has 186 valence electrons. The molecular weight excluding hydrogens is 454 g/mol. The molecular formula is C26H30F2N4O3. The van der Waals surface area contributed by atoms with Gasteiger partial charge in [0, 0.05) is 51.0 Å². The molecule has 1 aliphatic carbocycles. The fraction of sp³-hybridized carbons (Fsp3) is 0.500. The number of piperidine rings is 1. The number of carbonyl (C=O) groups is 1. The molecule has 35 heavy (non-hydrogen) atoms. The fourth-order valence-corrected chi connectivity index (χ4v) is 5.63. The fourth-order valence-electron chi connectivity index (χ4n) is 5.63. The van der Waals surface area contributed by atoms with Crippen LogP contribution in [-0.4, -0.2) is 54.6 Å². The van der Waals surface area contributed by atoms with Crippen LogP contribution in [0.5, 0.6) is 0 Å². The predicted octanol–water partition coefficient (Wildman–Crippen LogP) is 3.31. The third-order valence-corrected chi connectivity index (χ3v) is 7.69. The Morgan fingerprint density at radius 2 is 1.86 bits per heavy atom. The Labute approximate surface area is 202 Å². The van der Waals surface area contributed by atoms with Crippen LogP contribution >= 0.6 is 0 Å². The SMILES string of the molecule is Cn1ccc2c(=O)n(CC3(O)CCN(C(=O)[C@@H]4CCC(F)(F)C[C@H]4c4ccccc4)CC3)cnc21. The molecule has 9 heteroatoms. The Bertz CT molecular complexity index is 1280. The second kappa shape index (κ2) is 8.86. The Hall–Kier alpha value is -3.07. The molecule has 2 aromatic heterocycles. The van der Waals surface area contributed by atoms with E-state index in [0.29, 0.717) is 37.0 Å². The molecule has 0 spiro atoms. The predicted molar refractivity (Wildman–Crippen MR) is 127 cm³/mol. The lowest BCUT2D eigenvalue weighted by Gasteiger charge is -2.42. The lowest BCUT2D eigenvalue weighted by Crippen LogP contribution is -2.52. The molecule has 2 aliphatic rings. The molecule has 1 saturated heterocycles. The van der Waals surface area contributed by atoms with Crippen LogP contribution in [0.25, 0.3) is 11.0 Å². The van der Waals surface area contributed by atoms with Gasteiger partial charge >= 0.3 is 0 Å². The number of rotatable bonds is 4. The molecule has 5 rings (SSSR count). The standard InChI is InChI=1S/C26H30F2N4O3/c1-30-12-8-20-22(30)29-17-32(24(20)34)16-25(35)10-13-31(14-11-25)23(33)19-7-9-26(27,28)15-21(19)18-5-3-2-4-6-18/h2-6,8,12,17,19,21,35H,7,9-11,13-16H2,1H3/t19-,21+/m1/s1. The van der Waals surface area contributed by atoms with Gasteiger partial charge in [0.1, 0.15) is 12.0 Å². The van der Waals surface area contributed by atoms with E-state index in [-0.39, 0.29) is 37.3 Å². The largest absolute Gasteiger partial charge is 0.388 e. The van der Waals surface area contributed by atoms with Crippen molar-refractivity contribution in [2.24, 2.45) is 13.0 Å². The summed E-state index contributed by atoms with van der Waals surface area (Å²) in [5.74, 6) is -3.94. The second-order valence-corrected chi connectivity index (χ2v) is 10.1. The molecule has 0 radical (unpaired) electrons. The molecule has 1 amide bonds. The molecule has 0 unspecified atom stereocenters. The number of aryl methyl sites for hydroxylation is 1. The summed E-state index contributed by atoms with van der Waals surface area (Å²) in [6, 6.07) is 10.8. The minimum atomic E-state index is -2.78. The summed E-state index contributed by atoms with van der Waals surface area (Å²) in [5, 5.41) is 11.7.